The fraction of sp³-hybridized carbons (Fsp3) is 0.350. The molecule has 0 spiro atoms. The van der Waals surface area contributed by atoms with Crippen LogP contribution < -0.4 is 26.4 Å². The topological polar surface area (TPSA) is 73.8 Å². The Labute approximate surface area is 153 Å². The van der Waals surface area contributed by atoms with Crippen LogP contribution in [0.25, 0.3) is 11.9 Å². The summed E-state index contributed by atoms with van der Waals surface area (Å²) in [5, 5.41) is 5.52. The predicted molar refractivity (Wildman–Crippen MR) is 104 cm³/mol. The van der Waals surface area contributed by atoms with E-state index in [-0.39, 0.29) is 0 Å². The second-order valence-corrected chi connectivity index (χ2v) is 6.07. The lowest BCUT2D eigenvalue weighted by atomic mass is 10.2. The molecule has 0 atom stereocenters. The highest BCUT2D eigenvalue weighted by atomic mass is 16.5. The van der Waals surface area contributed by atoms with Crippen molar-refractivity contribution in [3.63, 3.8) is 0 Å². The smallest absolute Gasteiger partial charge is 0.152 e. The first kappa shape index (κ1) is 18.1. The number of rotatable bonds is 8. The number of aliphatic imine (C=N–C) groups is 1. The molecule has 0 fully saturated rings. The van der Waals surface area contributed by atoms with Crippen molar-refractivity contribution in [2.45, 2.75) is 19.9 Å². The van der Waals surface area contributed by atoms with E-state index in [2.05, 4.69) is 39.3 Å². The van der Waals surface area contributed by atoms with Crippen LogP contribution >= 0.6 is 0 Å². The number of nitrogens with one attached hydrogen (secondary N) is 1. The first-order valence-corrected chi connectivity index (χ1v) is 8.89. The molecule has 1 aliphatic heterocycles. The fourth-order valence-electron chi connectivity index (χ4n) is 3.02. The van der Waals surface area contributed by atoms with Crippen LogP contribution in [0.1, 0.15) is 18.9 Å². The van der Waals surface area contributed by atoms with Crippen molar-refractivity contribution >= 4 is 17.7 Å². The molecule has 1 aromatic carbocycles. The van der Waals surface area contributed by atoms with Crippen molar-refractivity contribution < 1.29 is 9.47 Å². The van der Waals surface area contributed by atoms with Crippen molar-refractivity contribution in [3.8, 4) is 5.75 Å². The van der Waals surface area contributed by atoms with Gasteiger partial charge in [-0.2, -0.15) is 0 Å². The molecule has 26 heavy (non-hydrogen) atoms. The summed E-state index contributed by atoms with van der Waals surface area (Å²) < 4.78 is 13.1. The van der Waals surface area contributed by atoms with Gasteiger partial charge in [-0.15, -0.1) is 0 Å². The SMILES string of the molecule is CCOc1ccccc1Cn1ccc2c1=C(NCCOC)N=C(N)CC=2. The molecule has 0 saturated heterocycles. The number of benzene rings is 1. The van der Waals surface area contributed by atoms with Crippen LogP contribution in [-0.4, -0.2) is 37.3 Å². The Morgan fingerprint density at radius 2 is 2.12 bits per heavy atom. The molecule has 138 valence electrons. The van der Waals surface area contributed by atoms with Gasteiger partial charge in [0.1, 0.15) is 11.6 Å². The number of para-hydroxylation sites is 1. The summed E-state index contributed by atoms with van der Waals surface area (Å²) in [7, 11) is 1.68. The highest BCUT2D eigenvalue weighted by Gasteiger charge is 2.10. The highest BCUT2D eigenvalue weighted by Crippen LogP contribution is 2.18. The van der Waals surface area contributed by atoms with Crippen molar-refractivity contribution in [1.82, 2.24) is 9.88 Å². The van der Waals surface area contributed by atoms with E-state index in [4.69, 9.17) is 15.2 Å². The van der Waals surface area contributed by atoms with Gasteiger partial charge in [0, 0.05) is 31.8 Å². The average molecular weight is 354 g/mol. The number of nitrogens with zero attached hydrogens (tertiary/aromatic N) is 2. The Morgan fingerprint density at radius 1 is 1.27 bits per heavy atom. The zero-order chi connectivity index (χ0) is 18.4. The minimum atomic E-state index is 0.599. The summed E-state index contributed by atoms with van der Waals surface area (Å²) in [6.07, 6.45) is 4.84. The lowest BCUT2D eigenvalue weighted by Gasteiger charge is -2.12. The van der Waals surface area contributed by atoms with E-state index in [1.165, 1.54) is 0 Å². The minimum absolute atomic E-state index is 0.599. The van der Waals surface area contributed by atoms with Crippen LogP contribution in [0.15, 0.2) is 41.5 Å². The second-order valence-electron chi connectivity index (χ2n) is 6.07. The lowest BCUT2D eigenvalue weighted by Crippen LogP contribution is -2.36. The number of fused-ring (bicyclic) bond motifs is 1. The van der Waals surface area contributed by atoms with Crippen molar-refractivity contribution in [2.24, 2.45) is 10.7 Å². The predicted octanol–water partition coefficient (Wildman–Crippen LogP) is 0.778. The highest BCUT2D eigenvalue weighted by molar-refractivity contribution is 5.88. The lowest BCUT2D eigenvalue weighted by molar-refractivity contribution is 0.203. The van der Waals surface area contributed by atoms with Gasteiger partial charge in [-0.25, -0.2) is 4.99 Å². The summed E-state index contributed by atoms with van der Waals surface area (Å²) >= 11 is 0. The molecule has 3 rings (SSSR count). The number of hydrogen-bond acceptors (Lipinski definition) is 5. The Bertz CT molecular complexity index is 899. The van der Waals surface area contributed by atoms with Gasteiger partial charge in [-0.1, -0.05) is 24.3 Å². The molecule has 0 radical (unpaired) electrons. The summed E-state index contributed by atoms with van der Waals surface area (Å²) in [6.45, 7) is 4.61. The molecule has 6 heteroatoms. The number of ether oxygens (including phenoxy) is 2. The van der Waals surface area contributed by atoms with Crippen LogP contribution in [0.3, 0.4) is 0 Å². The first-order valence-electron chi connectivity index (χ1n) is 8.89. The number of nitrogens with two attached hydrogens (primary N) is 1. The van der Waals surface area contributed by atoms with Crippen molar-refractivity contribution in [2.75, 3.05) is 26.9 Å². The zero-order valence-electron chi connectivity index (χ0n) is 15.4. The third-order valence-electron chi connectivity index (χ3n) is 4.22. The number of amidine groups is 1. The van der Waals surface area contributed by atoms with Gasteiger partial charge < -0.3 is 25.1 Å². The van der Waals surface area contributed by atoms with E-state index in [1.54, 1.807) is 7.11 Å². The van der Waals surface area contributed by atoms with Gasteiger partial charge in [0.05, 0.1) is 25.1 Å². The molecule has 1 aliphatic rings. The molecule has 0 amide bonds. The maximum atomic E-state index is 6.03. The van der Waals surface area contributed by atoms with E-state index in [9.17, 15) is 0 Å². The number of hydrogen-bond donors (Lipinski definition) is 2. The average Bonchev–Trinajstić information content (AvgIpc) is 2.96. The zero-order valence-corrected chi connectivity index (χ0v) is 15.4. The standard InChI is InChI=1S/C20H26N4O2/c1-3-26-17-7-5-4-6-16(17)14-24-12-10-15-8-9-18(21)23-20(19(15)24)22-11-13-25-2/h4-8,10,12,22H,3,9,11,13-14H2,1-2H3,(H2,21,23). The van der Waals surface area contributed by atoms with E-state index < -0.39 is 0 Å². The van der Waals surface area contributed by atoms with Gasteiger partial charge in [-0.3, -0.25) is 0 Å². The minimum Gasteiger partial charge on any atom is -0.494 e. The Morgan fingerprint density at radius 3 is 2.92 bits per heavy atom. The molecule has 0 bridgehead atoms. The molecule has 2 aromatic rings. The van der Waals surface area contributed by atoms with Gasteiger partial charge in [0.15, 0.2) is 5.82 Å². The van der Waals surface area contributed by atoms with E-state index in [0.29, 0.717) is 38.6 Å². The van der Waals surface area contributed by atoms with Crippen LogP contribution in [0.4, 0.5) is 0 Å². The maximum absolute atomic E-state index is 6.03. The molecule has 2 heterocycles. The normalized spacial score (nSPS) is 13.5. The van der Waals surface area contributed by atoms with Gasteiger partial charge >= 0.3 is 0 Å². The quantitative estimate of drug-likeness (QED) is 0.687. The summed E-state index contributed by atoms with van der Waals surface area (Å²) in [4.78, 5) is 4.58. The van der Waals surface area contributed by atoms with Crippen LogP contribution in [-0.2, 0) is 11.3 Å². The maximum Gasteiger partial charge on any atom is 0.152 e. The first-order chi connectivity index (χ1) is 12.7. The van der Waals surface area contributed by atoms with E-state index in [1.807, 2.05) is 25.1 Å². The Hall–Kier alpha value is -2.73. The Kier molecular flexibility index (Phi) is 5.96. The number of methoxy groups -OCH3 is 1. The van der Waals surface area contributed by atoms with Crippen molar-refractivity contribution in [3.05, 3.63) is 52.7 Å². The Balaban J connectivity index is 2.03. The second kappa shape index (κ2) is 8.58. The summed E-state index contributed by atoms with van der Waals surface area (Å²) in [6, 6.07) is 10.2. The van der Waals surface area contributed by atoms with Gasteiger partial charge in [0.2, 0.25) is 0 Å². The molecular formula is C20H26N4O2. The molecule has 0 aliphatic carbocycles. The molecule has 0 unspecified atom stereocenters. The van der Waals surface area contributed by atoms with Crippen LogP contribution in [0.2, 0.25) is 0 Å². The third kappa shape index (κ3) is 4.08. The van der Waals surface area contributed by atoms with Crippen LogP contribution in [0.5, 0.6) is 5.75 Å². The third-order valence-corrected chi connectivity index (χ3v) is 4.22. The molecule has 6 nitrogen and oxygen atoms in total. The summed E-state index contributed by atoms with van der Waals surface area (Å²) in [5.41, 5.74) is 7.16. The van der Waals surface area contributed by atoms with E-state index in [0.717, 1.165) is 27.7 Å². The molecule has 3 N–H and O–H groups in total. The van der Waals surface area contributed by atoms with Crippen LogP contribution in [0, 0.1) is 0 Å². The summed E-state index contributed by atoms with van der Waals surface area (Å²) in [5.74, 6) is 2.29. The largest absolute Gasteiger partial charge is 0.494 e. The molecule has 0 saturated carbocycles. The van der Waals surface area contributed by atoms with Gasteiger partial charge in [0.25, 0.3) is 0 Å². The number of aromatic nitrogens is 1. The van der Waals surface area contributed by atoms with E-state index >= 15 is 0 Å². The van der Waals surface area contributed by atoms with Gasteiger partial charge in [-0.05, 0) is 24.3 Å². The van der Waals surface area contributed by atoms with Crippen molar-refractivity contribution in [1.29, 1.82) is 0 Å². The monoisotopic (exact) mass is 354 g/mol. The molecular weight excluding hydrogens is 328 g/mol. The molecule has 1 aromatic heterocycles. The fourth-order valence-corrected chi connectivity index (χ4v) is 3.02.